The predicted molar refractivity (Wildman–Crippen MR) is 89.8 cm³/mol. The van der Waals surface area contributed by atoms with Crippen molar-refractivity contribution in [2.24, 2.45) is 0 Å². The number of aromatic nitrogens is 3. The van der Waals surface area contributed by atoms with E-state index in [0.717, 1.165) is 38.0 Å². The van der Waals surface area contributed by atoms with Crippen LogP contribution in [-0.2, 0) is 0 Å². The van der Waals surface area contributed by atoms with Gasteiger partial charge in [-0.25, -0.2) is 13.9 Å². The van der Waals surface area contributed by atoms with Gasteiger partial charge in [-0.3, -0.25) is 4.79 Å². The summed E-state index contributed by atoms with van der Waals surface area (Å²) >= 11 is 0. The van der Waals surface area contributed by atoms with E-state index in [2.05, 4.69) is 15.0 Å². The number of rotatable bonds is 3. The van der Waals surface area contributed by atoms with E-state index in [-0.39, 0.29) is 5.82 Å². The van der Waals surface area contributed by atoms with Gasteiger partial charge < -0.3 is 4.90 Å². The van der Waals surface area contributed by atoms with Gasteiger partial charge in [-0.05, 0) is 31.4 Å². The maximum atomic E-state index is 13.6. The van der Waals surface area contributed by atoms with Gasteiger partial charge in [0.1, 0.15) is 17.0 Å². The minimum absolute atomic E-state index is 0.351. The molecular formula is C18H17FN4O. The summed E-state index contributed by atoms with van der Waals surface area (Å²) in [4.78, 5) is 18.5. The monoisotopic (exact) mass is 324 g/mol. The smallest absolute Gasteiger partial charge is 0.155 e. The summed E-state index contributed by atoms with van der Waals surface area (Å²) in [6.07, 6.45) is 7.65. The van der Waals surface area contributed by atoms with Crippen LogP contribution < -0.4 is 4.90 Å². The summed E-state index contributed by atoms with van der Waals surface area (Å²) in [7, 11) is 0. The van der Waals surface area contributed by atoms with Crippen LogP contribution in [0.1, 0.15) is 29.6 Å². The largest absolute Gasteiger partial charge is 0.355 e. The lowest BCUT2D eigenvalue weighted by molar-refractivity contribution is 0.112. The van der Waals surface area contributed by atoms with Crippen LogP contribution in [0.25, 0.3) is 16.8 Å². The second-order valence-electron chi connectivity index (χ2n) is 5.98. The van der Waals surface area contributed by atoms with Gasteiger partial charge in [-0.2, -0.15) is 5.10 Å². The van der Waals surface area contributed by atoms with Gasteiger partial charge >= 0.3 is 0 Å². The molecule has 0 unspecified atom stereocenters. The van der Waals surface area contributed by atoms with Crippen molar-refractivity contribution in [2.45, 2.75) is 19.3 Å². The van der Waals surface area contributed by atoms with Crippen molar-refractivity contribution in [3.63, 3.8) is 0 Å². The van der Waals surface area contributed by atoms with Gasteiger partial charge in [-0.1, -0.05) is 12.1 Å². The van der Waals surface area contributed by atoms with Gasteiger partial charge in [0.15, 0.2) is 12.1 Å². The van der Waals surface area contributed by atoms with Gasteiger partial charge in [0, 0.05) is 31.0 Å². The Kier molecular flexibility index (Phi) is 3.72. The van der Waals surface area contributed by atoms with E-state index in [4.69, 9.17) is 0 Å². The minimum Gasteiger partial charge on any atom is -0.355 e. The molecule has 6 heteroatoms. The fourth-order valence-electron chi connectivity index (χ4n) is 3.30. The summed E-state index contributed by atoms with van der Waals surface area (Å²) in [6.45, 7) is 1.84. The number of hydrogen-bond donors (Lipinski definition) is 0. The van der Waals surface area contributed by atoms with Crippen molar-refractivity contribution < 1.29 is 9.18 Å². The number of hydrogen-bond acceptors (Lipinski definition) is 4. The first-order valence-corrected chi connectivity index (χ1v) is 8.11. The number of piperidine rings is 1. The second-order valence-corrected chi connectivity index (χ2v) is 5.98. The molecule has 0 spiro atoms. The highest BCUT2D eigenvalue weighted by atomic mass is 19.1. The summed E-state index contributed by atoms with van der Waals surface area (Å²) in [5.74, 6) is 0.422. The average molecular weight is 324 g/mol. The lowest BCUT2D eigenvalue weighted by Crippen LogP contribution is -2.30. The molecule has 0 atom stereocenters. The van der Waals surface area contributed by atoms with E-state index in [1.807, 2.05) is 0 Å². The highest BCUT2D eigenvalue weighted by Crippen LogP contribution is 2.31. The van der Waals surface area contributed by atoms with E-state index in [1.165, 1.54) is 18.6 Å². The Morgan fingerprint density at radius 1 is 1.17 bits per heavy atom. The molecule has 1 aromatic carbocycles. The molecule has 24 heavy (non-hydrogen) atoms. The maximum Gasteiger partial charge on any atom is 0.155 e. The third-order valence-corrected chi connectivity index (χ3v) is 4.44. The molecule has 1 fully saturated rings. The number of carbonyl (C=O) groups excluding carboxylic acids is 1. The number of anilines is 1. The van der Waals surface area contributed by atoms with Crippen molar-refractivity contribution in [2.75, 3.05) is 18.0 Å². The van der Waals surface area contributed by atoms with Crippen molar-refractivity contribution in [1.82, 2.24) is 14.6 Å². The highest BCUT2D eigenvalue weighted by Gasteiger charge is 2.22. The summed E-state index contributed by atoms with van der Waals surface area (Å²) in [6, 6.07) is 6.14. The Labute approximate surface area is 138 Å². The number of aldehydes is 1. The lowest BCUT2D eigenvalue weighted by atomic mass is 10.1. The molecule has 1 aliphatic rings. The highest BCUT2D eigenvalue weighted by molar-refractivity contribution is 5.98. The van der Waals surface area contributed by atoms with E-state index in [9.17, 15) is 9.18 Å². The Bertz CT molecular complexity index is 899. The SMILES string of the molecule is O=Cc1c(-c2cccc(F)c2)nn2ccnc(N3CCCCC3)c12. The molecule has 3 heterocycles. The fourth-order valence-corrected chi connectivity index (χ4v) is 3.30. The molecule has 0 saturated carbocycles. The molecule has 4 rings (SSSR count). The molecule has 0 radical (unpaired) electrons. The van der Waals surface area contributed by atoms with Crippen LogP contribution in [0, 0.1) is 5.82 Å². The van der Waals surface area contributed by atoms with E-state index in [1.54, 1.807) is 29.0 Å². The van der Waals surface area contributed by atoms with Crippen molar-refractivity contribution in [3.05, 3.63) is 48.0 Å². The zero-order chi connectivity index (χ0) is 16.5. The number of carbonyl (C=O) groups is 1. The first-order chi connectivity index (χ1) is 11.8. The Morgan fingerprint density at radius 2 is 2.00 bits per heavy atom. The number of benzene rings is 1. The summed E-state index contributed by atoms with van der Waals surface area (Å²) in [5, 5.41) is 4.50. The maximum absolute atomic E-state index is 13.6. The third kappa shape index (κ3) is 2.44. The average Bonchev–Trinajstić information content (AvgIpc) is 3.01. The second kappa shape index (κ2) is 6.03. The van der Waals surface area contributed by atoms with Gasteiger partial charge in [0.05, 0.1) is 5.56 Å². The fraction of sp³-hybridized carbons (Fsp3) is 0.278. The normalized spacial score (nSPS) is 15.0. The molecule has 0 bridgehead atoms. The Morgan fingerprint density at radius 3 is 2.75 bits per heavy atom. The van der Waals surface area contributed by atoms with Crippen LogP contribution >= 0.6 is 0 Å². The van der Waals surface area contributed by atoms with Crippen LogP contribution in [0.2, 0.25) is 0 Å². The van der Waals surface area contributed by atoms with Gasteiger partial charge in [0.25, 0.3) is 0 Å². The zero-order valence-corrected chi connectivity index (χ0v) is 13.2. The van der Waals surface area contributed by atoms with Gasteiger partial charge in [0.2, 0.25) is 0 Å². The van der Waals surface area contributed by atoms with E-state index >= 15 is 0 Å². The molecule has 5 nitrogen and oxygen atoms in total. The lowest BCUT2D eigenvalue weighted by Gasteiger charge is -2.28. The van der Waals surface area contributed by atoms with Crippen molar-refractivity contribution in [1.29, 1.82) is 0 Å². The van der Waals surface area contributed by atoms with Crippen molar-refractivity contribution >= 4 is 17.6 Å². The first-order valence-electron chi connectivity index (χ1n) is 8.11. The quantitative estimate of drug-likeness (QED) is 0.693. The van der Waals surface area contributed by atoms with E-state index in [0.29, 0.717) is 22.3 Å². The molecule has 122 valence electrons. The van der Waals surface area contributed by atoms with Crippen LogP contribution in [0.5, 0.6) is 0 Å². The molecule has 0 amide bonds. The topological polar surface area (TPSA) is 50.5 Å². The molecule has 1 saturated heterocycles. The number of fused-ring (bicyclic) bond motifs is 1. The minimum atomic E-state index is -0.351. The van der Waals surface area contributed by atoms with Crippen molar-refractivity contribution in [3.8, 4) is 11.3 Å². The third-order valence-electron chi connectivity index (χ3n) is 4.44. The van der Waals surface area contributed by atoms with E-state index < -0.39 is 0 Å². The Hall–Kier alpha value is -2.76. The molecule has 3 aromatic rings. The molecule has 1 aliphatic heterocycles. The van der Waals surface area contributed by atoms with Crippen LogP contribution in [0.3, 0.4) is 0 Å². The standard InChI is InChI=1S/C18H17FN4O/c19-14-6-4-5-13(11-14)16-15(12-24)17-18(20-7-10-23(17)21-16)22-8-2-1-3-9-22/h4-7,10-12H,1-3,8-9H2. The Balaban J connectivity index is 1.92. The molecule has 2 aromatic heterocycles. The molecule has 0 aliphatic carbocycles. The number of halogens is 1. The summed E-state index contributed by atoms with van der Waals surface area (Å²) < 4.78 is 15.2. The summed E-state index contributed by atoms with van der Waals surface area (Å²) in [5.41, 5.74) is 2.21. The van der Waals surface area contributed by atoms with Crippen LogP contribution in [0.4, 0.5) is 10.2 Å². The van der Waals surface area contributed by atoms with Crippen LogP contribution in [0.15, 0.2) is 36.7 Å². The number of nitrogens with zero attached hydrogens (tertiary/aromatic N) is 4. The van der Waals surface area contributed by atoms with Crippen LogP contribution in [-0.4, -0.2) is 34.0 Å². The molecular weight excluding hydrogens is 307 g/mol. The first kappa shape index (κ1) is 14.8. The van der Waals surface area contributed by atoms with Gasteiger partial charge in [-0.15, -0.1) is 0 Å². The zero-order valence-electron chi connectivity index (χ0n) is 13.2. The molecule has 0 N–H and O–H groups in total. The predicted octanol–water partition coefficient (Wildman–Crippen LogP) is 3.34.